The van der Waals surface area contributed by atoms with Gasteiger partial charge in [-0.25, -0.2) is 4.79 Å². The first-order valence-corrected chi connectivity index (χ1v) is 7.59. The summed E-state index contributed by atoms with van der Waals surface area (Å²) in [6, 6.07) is 1.18. The molecule has 0 amide bonds. The molecule has 19 heavy (non-hydrogen) atoms. The van der Waals surface area contributed by atoms with E-state index in [4.69, 9.17) is 9.26 Å². The monoisotopic (exact) mass is 306 g/mol. The zero-order valence-corrected chi connectivity index (χ0v) is 11.3. The zero-order valence-electron chi connectivity index (χ0n) is 9.59. The molecule has 4 atom stereocenters. The Labute approximate surface area is 113 Å². The van der Waals surface area contributed by atoms with E-state index in [0.717, 1.165) is 0 Å². The summed E-state index contributed by atoms with van der Waals surface area (Å²) in [5.41, 5.74) is -1.14. The van der Waals surface area contributed by atoms with Crippen LogP contribution in [0.1, 0.15) is 12.6 Å². The maximum absolute atomic E-state index is 11.6. The fourth-order valence-corrected chi connectivity index (χ4v) is 2.28. The molecule has 0 bridgehead atoms. The lowest BCUT2D eigenvalue weighted by molar-refractivity contribution is -0.0393. The Balaban J connectivity index is 2.09. The lowest BCUT2D eigenvalue weighted by atomic mass is 10.2. The van der Waals surface area contributed by atoms with Crippen molar-refractivity contribution in [2.24, 2.45) is 0 Å². The minimum atomic E-state index is -2.19. The molecule has 2 N–H and O–H groups in total. The largest absolute Gasteiger partial charge is 0.408 e. The van der Waals surface area contributed by atoms with Gasteiger partial charge >= 0.3 is 12.9 Å². The third-order valence-electron chi connectivity index (χ3n) is 2.71. The third-order valence-corrected chi connectivity index (χ3v) is 3.39. The first kappa shape index (κ1) is 14.4. The predicted octanol–water partition coefficient (Wildman–Crippen LogP) is -0.594. The highest BCUT2D eigenvalue weighted by Crippen LogP contribution is 2.29. The molecule has 104 valence electrons. The van der Waals surface area contributed by atoms with E-state index in [1.807, 2.05) is 0 Å². The number of nitrogens with zero attached hydrogens (tertiary/aromatic N) is 1. The Kier molecular flexibility index (Phi) is 4.54. The average Bonchev–Trinajstić information content (AvgIpc) is 2.67. The Morgan fingerprint density at radius 1 is 1.63 bits per heavy atom. The Morgan fingerprint density at radius 2 is 2.37 bits per heavy atom. The van der Waals surface area contributed by atoms with E-state index in [1.165, 1.54) is 16.8 Å². The van der Waals surface area contributed by atoms with Gasteiger partial charge in [0.2, 0.25) is 0 Å². The van der Waals surface area contributed by atoms with Gasteiger partial charge in [-0.1, -0.05) is 4.57 Å². The molecule has 2 heterocycles. The number of rotatable bonds is 4. The number of H-pyrrole nitrogens is 1. The van der Waals surface area contributed by atoms with Crippen molar-refractivity contribution in [3.63, 3.8) is 0 Å². The van der Waals surface area contributed by atoms with E-state index in [9.17, 15) is 19.3 Å². The summed E-state index contributed by atoms with van der Waals surface area (Å²) in [7, 11) is -2.19. The first-order chi connectivity index (χ1) is 8.97. The fraction of sp³-hybridized carbons (Fsp3) is 0.556. The van der Waals surface area contributed by atoms with Crippen molar-refractivity contribution in [2.45, 2.75) is 24.9 Å². The highest BCUT2D eigenvalue weighted by Gasteiger charge is 2.36. The summed E-state index contributed by atoms with van der Waals surface area (Å²) in [5, 5.41) is 9.76. The molecule has 0 radical (unpaired) electrons. The van der Waals surface area contributed by atoms with Gasteiger partial charge in [0.1, 0.15) is 18.9 Å². The molecule has 1 aromatic heterocycles. The second kappa shape index (κ2) is 5.98. The smallest absolute Gasteiger partial charge is 0.372 e. The van der Waals surface area contributed by atoms with Gasteiger partial charge in [0.15, 0.2) is 0 Å². The molecule has 1 aliphatic rings. The number of hydrogen-bond donors (Lipinski definition) is 2. The van der Waals surface area contributed by atoms with Crippen LogP contribution in [0.2, 0.25) is 0 Å². The predicted molar refractivity (Wildman–Crippen MR) is 66.8 cm³/mol. The van der Waals surface area contributed by atoms with Gasteiger partial charge in [-0.3, -0.25) is 14.3 Å². The molecule has 1 aromatic rings. The first-order valence-electron chi connectivity index (χ1n) is 5.39. The van der Waals surface area contributed by atoms with Crippen molar-refractivity contribution in [3.8, 4) is 0 Å². The SMILES string of the molecule is O=c1ccn([C@H]2C[C@H](O)[C@@H](CO[P+](=O)[S-])O2)c(=O)[nH]1. The summed E-state index contributed by atoms with van der Waals surface area (Å²) < 4.78 is 22.0. The summed E-state index contributed by atoms with van der Waals surface area (Å²) >= 11 is 4.37. The topological polar surface area (TPSA) is 111 Å². The number of ether oxygens (including phenoxy) is 1. The van der Waals surface area contributed by atoms with Crippen LogP contribution in [0, 0.1) is 0 Å². The maximum Gasteiger partial charge on any atom is 0.372 e. The second-order valence-corrected chi connectivity index (χ2v) is 5.57. The molecule has 10 heteroatoms. The van der Waals surface area contributed by atoms with Crippen LogP contribution < -0.4 is 11.2 Å². The number of aliphatic hydroxyl groups excluding tert-OH is 1. The Bertz CT molecular complexity index is 587. The van der Waals surface area contributed by atoms with Crippen LogP contribution >= 0.6 is 7.23 Å². The van der Waals surface area contributed by atoms with Crippen LogP contribution in [0.25, 0.3) is 0 Å². The van der Waals surface area contributed by atoms with Crippen molar-refractivity contribution in [2.75, 3.05) is 6.61 Å². The molecule has 2 rings (SSSR count). The standard InChI is InChI=1S/C9H11N2O6PS/c12-5-3-8(17-6(5)4-16-18(15)19)11-2-1-7(13)10-9(11)14/h1-2,5-6,8,12H,3-4H2,(H,10,13,14)/t5-,6+,8+/m0/s1. The van der Waals surface area contributed by atoms with Gasteiger partial charge in [-0.15, -0.1) is 0 Å². The minimum Gasteiger partial charge on any atom is -0.408 e. The van der Waals surface area contributed by atoms with Crippen LogP contribution in [0.3, 0.4) is 0 Å². The normalized spacial score (nSPS) is 27.5. The summed E-state index contributed by atoms with van der Waals surface area (Å²) in [4.78, 5) is 24.6. The van der Waals surface area contributed by atoms with E-state index in [-0.39, 0.29) is 13.0 Å². The molecule has 8 nitrogen and oxygen atoms in total. The van der Waals surface area contributed by atoms with E-state index in [0.29, 0.717) is 0 Å². The third kappa shape index (κ3) is 3.52. The molecule has 1 saturated heterocycles. The van der Waals surface area contributed by atoms with Gasteiger partial charge in [0.05, 0.1) is 6.10 Å². The van der Waals surface area contributed by atoms with Gasteiger partial charge in [0, 0.05) is 18.7 Å². The van der Waals surface area contributed by atoms with Gasteiger partial charge in [-0.05, 0) is 0 Å². The lowest BCUT2D eigenvalue weighted by Gasteiger charge is -2.14. The van der Waals surface area contributed by atoms with E-state index in [2.05, 4.69) is 17.2 Å². The van der Waals surface area contributed by atoms with Crippen molar-refractivity contribution in [1.82, 2.24) is 9.55 Å². The molecule has 0 spiro atoms. The number of aliphatic hydroxyl groups is 1. The van der Waals surface area contributed by atoms with Crippen LogP contribution in [-0.4, -0.2) is 33.5 Å². The molecule has 0 saturated carbocycles. The molecule has 1 unspecified atom stereocenters. The highest BCUT2D eigenvalue weighted by molar-refractivity contribution is 8.25. The molecule has 0 aliphatic carbocycles. The van der Waals surface area contributed by atoms with E-state index < -0.39 is 36.9 Å². The number of aromatic amines is 1. The highest BCUT2D eigenvalue weighted by atomic mass is 32.7. The van der Waals surface area contributed by atoms with Crippen molar-refractivity contribution in [3.05, 3.63) is 33.1 Å². The molecular formula is C9H11N2O6PS. The van der Waals surface area contributed by atoms with Gasteiger partial charge in [-0.2, -0.15) is 4.52 Å². The van der Waals surface area contributed by atoms with Crippen LogP contribution in [0.5, 0.6) is 0 Å². The van der Waals surface area contributed by atoms with Crippen molar-refractivity contribution >= 4 is 19.5 Å². The summed E-state index contributed by atoms with van der Waals surface area (Å²) in [6.07, 6.45) is -0.848. The zero-order chi connectivity index (χ0) is 14.0. The quantitative estimate of drug-likeness (QED) is 0.565. The lowest BCUT2D eigenvalue weighted by Crippen LogP contribution is -2.31. The fourth-order valence-electron chi connectivity index (χ4n) is 1.82. The number of hydrogen-bond acceptors (Lipinski definition) is 7. The van der Waals surface area contributed by atoms with Gasteiger partial charge in [0.25, 0.3) is 5.56 Å². The second-order valence-electron chi connectivity index (χ2n) is 3.97. The number of nitrogens with one attached hydrogen (secondary N) is 1. The Hall–Kier alpha value is -0.990. The van der Waals surface area contributed by atoms with Crippen molar-refractivity contribution in [1.29, 1.82) is 0 Å². The summed E-state index contributed by atoms with van der Waals surface area (Å²) in [5.74, 6) is 0. The minimum absolute atomic E-state index is 0.117. The van der Waals surface area contributed by atoms with Crippen LogP contribution in [0.15, 0.2) is 21.9 Å². The Morgan fingerprint density at radius 3 is 3.00 bits per heavy atom. The van der Waals surface area contributed by atoms with E-state index in [1.54, 1.807) is 0 Å². The number of aromatic nitrogens is 2. The molecule has 1 fully saturated rings. The van der Waals surface area contributed by atoms with Crippen LogP contribution in [-0.2, 0) is 26.1 Å². The average molecular weight is 306 g/mol. The van der Waals surface area contributed by atoms with E-state index >= 15 is 0 Å². The van der Waals surface area contributed by atoms with Gasteiger partial charge < -0.3 is 22.1 Å². The molecule has 1 aliphatic heterocycles. The van der Waals surface area contributed by atoms with Crippen LogP contribution in [0.4, 0.5) is 0 Å². The molecular weight excluding hydrogens is 295 g/mol. The summed E-state index contributed by atoms with van der Waals surface area (Å²) in [6.45, 7) is -0.117. The van der Waals surface area contributed by atoms with Crippen molar-refractivity contribution < 1.29 is 18.9 Å². The maximum atomic E-state index is 11.6. The molecule has 0 aromatic carbocycles.